The van der Waals surface area contributed by atoms with Gasteiger partial charge in [0.15, 0.2) is 0 Å². The zero-order valence-corrected chi connectivity index (χ0v) is 12.6. The first kappa shape index (κ1) is 13.7. The van der Waals surface area contributed by atoms with Crippen molar-refractivity contribution in [3.05, 3.63) is 70.6 Å². The van der Waals surface area contributed by atoms with Gasteiger partial charge in [-0.15, -0.1) is 0 Å². The van der Waals surface area contributed by atoms with Crippen LogP contribution in [0.3, 0.4) is 0 Å². The molecule has 23 heavy (non-hydrogen) atoms. The molecule has 0 amide bonds. The zero-order chi connectivity index (χ0) is 15.8. The van der Waals surface area contributed by atoms with Gasteiger partial charge in [-0.2, -0.15) is 0 Å². The van der Waals surface area contributed by atoms with Crippen LogP contribution in [0.1, 0.15) is 0 Å². The first-order chi connectivity index (χ1) is 11.2. The molecular weight excluding hydrogens is 312 g/mol. The van der Waals surface area contributed by atoms with E-state index < -0.39 is 0 Å². The van der Waals surface area contributed by atoms with Crippen LogP contribution in [-0.2, 0) is 0 Å². The van der Waals surface area contributed by atoms with E-state index in [0.717, 1.165) is 33.3 Å². The van der Waals surface area contributed by atoms with E-state index in [2.05, 4.69) is 19.9 Å². The third-order valence-corrected chi connectivity index (χ3v) is 4.00. The molecule has 0 radical (unpaired) electrons. The van der Waals surface area contributed by atoms with E-state index >= 15 is 0 Å². The highest BCUT2D eigenvalue weighted by Crippen LogP contribution is 2.37. The lowest BCUT2D eigenvalue weighted by molar-refractivity contribution is 1.17. The summed E-state index contributed by atoms with van der Waals surface area (Å²) in [5.41, 5.74) is 4.89. The van der Waals surface area contributed by atoms with Crippen molar-refractivity contribution in [1.29, 1.82) is 0 Å². The Balaban J connectivity index is 1.98. The summed E-state index contributed by atoms with van der Waals surface area (Å²) in [6.45, 7) is 0. The summed E-state index contributed by atoms with van der Waals surface area (Å²) in [5, 5.41) is 0.628. The summed E-state index contributed by atoms with van der Waals surface area (Å²) in [6, 6.07) is 11.4. The van der Waals surface area contributed by atoms with Gasteiger partial charge in [-0.05, 0) is 29.3 Å². The van der Waals surface area contributed by atoms with E-state index in [1.54, 1.807) is 12.4 Å². The second-order valence-electron chi connectivity index (χ2n) is 5.13. The number of fused-ring (bicyclic) bond motifs is 1. The lowest BCUT2D eigenvalue weighted by Gasteiger charge is -2.11. The summed E-state index contributed by atoms with van der Waals surface area (Å²) in [5.74, 6) is 0. The Morgan fingerprint density at radius 3 is 2.52 bits per heavy atom. The maximum Gasteiger partial charge on any atom is 0.323 e. The van der Waals surface area contributed by atoms with Crippen LogP contribution in [-0.4, -0.2) is 19.9 Å². The van der Waals surface area contributed by atoms with Crippen molar-refractivity contribution in [2.24, 2.45) is 0 Å². The van der Waals surface area contributed by atoms with Crippen molar-refractivity contribution in [1.82, 2.24) is 19.9 Å². The van der Waals surface area contributed by atoms with Crippen LogP contribution in [0.15, 0.2) is 59.9 Å². The second-order valence-corrected chi connectivity index (χ2v) is 5.54. The second kappa shape index (κ2) is 5.37. The first-order valence-corrected chi connectivity index (χ1v) is 7.36. The summed E-state index contributed by atoms with van der Waals surface area (Å²) in [7, 11) is 0. The third kappa shape index (κ3) is 2.41. The Labute approximate surface area is 136 Å². The molecule has 6 heteroatoms. The summed E-state index contributed by atoms with van der Waals surface area (Å²) in [6.07, 6.45) is 4.99. The molecule has 2 aromatic heterocycles. The van der Waals surface area contributed by atoms with Crippen LogP contribution >= 0.6 is 11.6 Å². The Bertz CT molecular complexity index is 1050. The van der Waals surface area contributed by atoms with Crippen LogP contribution in [0.5, 0.6) is 0 Å². The minimum Gasteiger partial charge on any atom is -0.306 e. The molecule has 4 rings (SSSR count). The van der Waals surface area contributed by atoms with Crippen LogP contribution in [0, 0.1) is 0 Å². The molecule has 0 fully saturated rings. The SMILES string of the molecule is O=c1[nH]c2ccc(-c3c(Cl)cccc3-c3cncnc3)cc2[nH]1. The molecule has 0 spiro atoms. The topological polar surface area (TPSA) is 74.4 Å². The lowest BCUT2D eigenvalue weighted by Crippen LogP contribution is -1.99. The van der Waals surface area contributed by atoms with Crippen molar-refractivity contribution >= 4 is 22.6 Å². The van der Waals surface area contributed by atoms with E-state index in [9.17, 15) is 4.79 Å². The number of hydrogen-bond donors (Lipinski definition) is 2. The van der Waals surface area contributed by atoms with E-state index in [-0.39, 0.29) is 5.69 Å². The number of H-pyrrole nitrogens is 2. The molecule has 5 nitrogen and oxygen atoms in total. The smallest absolute Gasteiger partial charge is 0.306 e. The number of hydrogen-bond acceptors (Lipinski definition) is 3. The molecular formula is C17H11ClN4O. The monoisotopic (exact) mass is 322 g/mol. The highest BCUT2D eigenvalue weighted by molar-refractivity contribution is 6.34. The van der Waals surface area contributed by atoms with Gasteiger partial charge in [-0.25, -0.2) is 14.8 Å². The predicted molar refractivity (Wildman–Crippen MR) is 90.4 cm³/mol. The van der Waals surface area contributed by atoms with Gasteiger partial charge >= 0.3 is 5.69 Å². The van der Waals surface area contributed by atoms with Gasteiger partial charge in [0, 0.05) is 28.5 Å². The van der Waals surface area contributed by atoms with Gasteiger partial charge in [-0.1, -0.05) is 29.8 Å². The maximum atomic E-state index is 11.4. The standard InChI is InChI=1S/C17H11ClN4O/c18-13-3-1-2-12(11-7-19-9-20-8-11)16(13)10-4-5-14-15(6-10)22-17(23)21-14/h1-9H,(H2,21,22,23). The molecule has 2 aromatic carbocycles. The van der Waals surface area contributed by atoms with Gasteiger partial charge in [0.05, 0.1) is 11.0 Å². The van der Waals surface area contributed by atoms with Crippen LogP contribution < -0.4 is 5.69 Å². The molecule has 0 aliphatic heterocycles. The van der Waals surface area contributed by atoms with Crippen LogP contribution in [0.4, 0.5) is 0 Å². The highest BCUT2D eigenvalue weighted by Gasteiger charge is 2.12. The number of imidazole rings is 1. The van der Waals surface area contributed by atoms with Crippen molar-refractivity contribution in [2.45, 2.75) is 0 Å². The average Bonchev–Trinajstić information content (AvgIpc) is 2.94. The molecule has 0 unspecified atom stereocenters. The molecule has 0 aliphatic rings. The predicted octanol–water partition coefficient (Wildman–Crippen LogP) is 3.63. The number of aromatic amines is 2. The number of benzene rings is 2. The Kier molecular flexibility index (Phi) is 3.20. The van der Waals surface area contributed by atoms with Crippen molar-refractivity contribution < 1.29 is 0 Å². The third-order valence-electron chi connectivity index (χ3n) is 3.69. The van der Waals surface area contributed by atoms with Crippen LogP contribution in [0.25, 0.3) is 33.3 Å². The van der Waals surface area contributed by atoms with E-state index in [4.69, 9.17) is 11.6 Å². The fourth-order valence-electron chi connectivity index (χ4n) is 2.68. The van der Waals surface area contributed by atoms with Gasteiger partial charge in [0.1, 0.15) is 6.33 Å². The number of rotatable bonds is 2. The zero-order valence-electron chi connectivity index (χ0n) is 11.9. The van der Waals surface area contributed by atoms with Gasteiger partial charge in [0.2, 0.25) is 0 Å². The first-order valence-electron chi connectivity index (χ1n) is 6.99. The highest BCUT2D eigenvalue weighted by atomic mass is 35.5. The van der Waals surface area contributed by atoms with Gasteiger partial charge < -0.3 is 9.97 Å². The largest absolute Gasteiger partial charge is 0.323 e. The van der Waals surface area contributed by atoms with E-state index in [1.807, 2.05) is 36.4 Å². The Morgan fingerprint density at radius 2 is 1.70 bits per heavy atom. The molecule has 112 valence electrons. The van der Waals surface area contributed by atoms with Crippen molar-refractivity contribution in [3.8, 4) is 22.3 Å². The normalized spacial score (nSPS) is 11.0. The average molecular weight is 323 g/mol. The Hall–Kier alpha value is -2.92. The molecule has 0 atom stereocenters. The van der Waals surface area contributed by atoms with Crippen LogP contribution in [0.2, 0.25) is 5.02 Å². The number of nitrogens with zero attached hydrogens (tertiary/aromatic N) is 2. The van der Waals surface area contributed by atoms with Gasteiger partial charge in [-0.3, -0.25) is 0 Å². The molecule has 4 aromatic rings. The minimum absolute atomic E-state index is 0.229. The van der Waals surface area contributed by atoms with Gasteiger partial charge in [0.25, 0.3) is 0 Å². The van der Waals surface area contributed by atoms with Crippen molar-refractivity contribution in [2.75, 3.05) is 0 Å². The number of nitrogens with one attached hydrogen (secondary N) is 2. The molecule has 2 heterocycles. The molecule has 0 saturated carbocycles. The van der Waals surface area contributed by atoms with Crippen molar-refractivity contribution in [3.63, 3.8) is 0 Å². The summed E-state index contributed by atoms with van der Waals surface area (Å²) < 4.78 is 0. The fourth-order valence-corrected chi connectivity index (χ4v) is 2.97. The molecule has 0 bridgehead atoms. The van der Waals surface area contributed by atoms with E-state index in [0.29, 0.717) is 5.02 Å². The molecule has 0 saturated heterocycles. The summed E-state index contributed by atoms with van der Waals surface area (Å²) >= 11 is 6.45. The lowest BCUT2D eigenvalue weighted by atomic mass is 9.96. The maximum absolute atomic E-state index is 11.4. The quantitative estimate of drug-likeness (QED) is 0.591. The fraction of sp³-hybridized carbons (Fsp3) is 0. The number of halogens is 1. The minimum atomic E-state index is -0.229. The molecule has 0 aliphatic carbocycles. The van der Waals surface area contributed by atoms with E-state index in [1.165, 1.54) is 6.33 Å². The summed E-state index contributed by atoms with van der Waals surface area (Å²) in [4.78, 5) is 25.1. The molecule has 2 N–H and O–H groups in total. The Morgan fingerprint density at radius 1 is 0.913 bits per heavy atom. The number of aromatic nitrogens is 4.